The zero-order chi connectivity index (χ0) is 22.3. The third-order valence-corrected chi connectivity index (χ3v) is 5.96. The molecule has 0 aliphatic carbocycles. The van der Waals surface area contributed by atoms with E-state index in [9.17, 15) is 14.4 Å². The second kappa shape index (κ2) is 10.0. The van der Waals surface area contributed by atoms with Crippen molar-refractivity contribution in [3.63, 3.8) is 0 Å². The van der Waals surface area contributed by atoms with Crippen LogP contribution in [-0.4, -0.2) is 16.5 Å². The van der Waals surface area contributed by atoms with Gasteiger partial charge in [0, 0.05) is 28.9 Å². The zero-order valence-corrected chi connectivity index (χ0v) is 18.0. The highest BCUT2D eigenvalue weighted by Gasteiger charge is 2.16. The van der Waals surface area contributed by atoms with Gasteiger partial charge in [-0.05, 0) is 35.9 Å². The van der Waals surface area contributed by atoms with Crippen molar-refractivity contribution in [2.45, 2.75) is 11.4 Å². The highest BCUT2D eigenvalue weighted by Crippen LogP contribution is 2.34. The molecule has 0 bridgehead atoms. The van der Waals surface area contributed by atoms with Gasteiger partial charge in [-0.15, -0.1) is 11.8 Å². The fourth-order valence-electron chi connectivity index (χ4n) is 3.36. The summed E-state index contributed by atoms with van der Waals surface area (Å²) in [5.74, 6) is 0.0214. The molecule has 0 unspecified atom stereocenters. The van der Waals surface area contributed by atoms with Crippen LogP contribution < -0.4 is 0 Å². The number of hydrogen-bond donors (Lipinski definition) is 0. The molecular weight excluding hydrogens is 419 g/mol. The molecule has 0 aliphatic heterocycles. The van der Waals surface area contributed by atoms with Crippen molar-refractivity contribution < 1.29 is 9.18 Å². The number of carbonyl (C=O) groups excluding carboxylic acids is 1. The minimum Gasteiger partial charge on any atom is -0.294 e. The average Bonchev–Trinajstić information content (AvgIpc) is 2.85. The molecule has 156 valence electrons. The Balaban J connectivity index is 1.65. The molecule has 4 aromatic rings. The molecule has 0 amide bonds. The summed E-state index contributed by atoms with van der Waals surface area (Å²) in [5, 5.41) is 10.5. The number of carbonyl (C=O) groups is 1. The van der Waals surface area contributed by atoms with E-state index in [1.165, 1.54) is 36.0 Å². The molecule has 1 aromatic heterocycles. The maximum absolute atomic E-state index is 13.1. The highest BCUT2D eigenvalue weighted by atomic mass is 32.2. The van der Waals surface area contributed by atoms with E-state index in [1.54, 1.807) is 0 Å². The normalized spacial score (nSPS) is 10.5. The number of halogens is 1. The first-order valence-electron chi connectivity index (χ1n) is 10.1. The molecule has 0 atom stereocenters. The quantitative estimate of drug-likeness (QED) is 0.235. The highest BCUT2D eigenvalue weighted by molar-refractivity contribution is 7.99. The lowest BCUT2D eigenvalue weighted by atomic mass is 9.99. The van der Waals surface area contributed by atoms with Crippen LogP contribution in [0.2, 0.25) is 0 Å². The standard InChI is InChI=1S/C27H19FN2OS/c28-22-13-11-21(12-14-22)26(31)15-16-32-27-24(18-29)23(19-7-3-1-4-8-19)17-25(30-27)20-9-5-2-6-10-20/h1-14,17H,15-16H2. The van der Waals surface area contributed by atoms with Crippen LogP contribution in [0.4, 0.5) is 4.39 Å². The van der Waals surface area contributed by atoms with E-state index in [4.69, 9.17) is 4.98 Å². The average molecular weight is 439 g/mol. The zero-order valence-electron chi connectivity index (χ0n) is 17.2. The predicted molar refractivity (Wildman–Crippen MR) is 126 cm³/mol. The van der Waals surface area contributed by atoms with Gasteiger partial charge in [-0.3, -0.25) is 4.79 Å². The fourth-order valence-corrected chi connectivity index (χ4v) is 4.30. The van der Waals surface area contributed by atoms with Gasteiger partial charge in [0.05, 0.1) is 11.3 Å². The maximum atomic E-state index is 13.1. The largest absolute Gasteiger partial charge is 0.294 e. The van der Waals surface area contributed by atoms with Crippen LogP contribution in [0.25, 0.3) is 22.4 Å². The van der Waals surface area contributed by atoms with Gasteiger partial charge in [0.15, 0.2) is 5.78 Å². The van der Waals surface area contributed by atoms with Crippen molar-refractivity contribution >= 4 is 17.5 Å². The Morgan fingerprint density at radius 3 is 2.16 bits per heavy atom. The van der Waals surface area contributed by atoms with Crippen LogP contribution in [-0.2, 0) is 0 Å². The van der Waals surface area contributed by atoms with Gasteiger partial charge in [-0.1, -0.05) is 60.7 Å². The Hall–Kier alpha value is -3.75. The first-order chi connectivity index (χ1) is 15.7. The van der Waals surface area contributed by atoms with Gasteiger partial charge >= 0.3 is 0 Å². The van der Waals surface area contributed by atoms with E-state index in [-0.39, 0.29) is 18.0 Å². The molecule has 4 rings (SSSR count). The topological polar surface area (TPSA) is 53.8 Å². The minimum absolute atomic E-state index is 0.0708. The number of aromatic nitrogens is 1. The van der Waals surface area contributed by atoms with Crippen molar-refractivity contribution in [1.82, 2.24) is 4.98 Å². The molecule has 0 spiro atoms. The molecule has 0 saturated carbocycles. The molecule has 0 fully saturated rings. The van der Waals surface area contributed by atoms with Crippen LogP contribution in [0.1, 0.15) is 22.3 Å². The molecule has 0 N–H and O–H groups in total. The van der Waals surface area contributed by atoms with E-state index in [2.05, 4.69) is 6.07 Å². The van der Waals surface area contributed by atoms with Crippen molar-refractivity contribution in [2.24, 2.45) is 0 Å². The van der Waals surface area contributed by atoms with Gasteiger partial charge in [-0.25, -0.2) is 9.37 Å². The summed E-state index contributed by atoms with van der Waals surface area (Å²) < 4.78 is 13.1. The number of nitriles is 1. The molecule has 0 saturated heterocycles. The Morgan fingerprint density at radius 1 is 0.906 bits per heavy atom. The second-order valence-electron chi connectivity index (χ2n) is 7.11. The number of hydrogen-bond acceptors (Lipinski definition) is 4. The summed E-state index contributed by atoms with van der Waals surface area (Å²) in [6, 6.07) is 29.4. The number of pyridine rings is 1. The number of rotatable bonds is 7. The summed E-state index contributed by atoms with van der Waals surface area (Å²) in [7, 11) is 0. The van der Waals surface area contributed by atoms with Gasteiger partial charge in [0.25, 0.3) is 0 Å². The van der Waals surface area contributed by atoms with E-state index >= 15 is 0 Å². The van der Waals surface area contributed by atoms with Crippen LogP contribution >= 0.6 is 11.8 Å². The lowest BCUT2D eigenvalue weighted by Gasteiger charge is -2.12. The first-order valence-corrected chi connectivity index (χ1v) is 11.1. The molecule has 0 aliphatic rings. The molecule has 3 aromatic carbocycles. The van der Waals surface area contributed by atoms with Crippen molar-refractivity contribution in [1.29, 1.82) is 5.26 Å². The third kappa shape index (κ3) is 4.93. The van der Waals surface area contributed by atoms with Crippen LogP contribution in [0.15, 0.2) is 96.0 Å². The Labute approximate surface area is 190 Å². The smallest absolute Gasteiger partial charge is 0.163 e. The number of ketones is 1. The molecule has 5 heteroatoms. The molecule has 1 heterocycles. The van der Waals surface area contributed by atoms with Gasteiger partial charge < -0.3 is 0 Å². The monoisotopic (exact) mass is 438 g/mol. The molecule has 0 radical (unpaired) electrons. The van der Waals surface area contributed by atoms with Crippen LogP contribution in [0.3, 0.4) is 0 Å². The Bertz CT molecular complexity index is 1270. The first kappa shape index (κ1) is 21.5. The van der Waals surface area contributed by atoms with E-state index in [1.807, 2.05) is 66.7 Å². The summed E-state index contributed by atoms with van der Waals surface area (Å²) in [5.41, 5.74) is 4.45. The Morgan fingerprint density at radius 2 is 1.53 bits per heavy atom. The lowest BCUT2D eigenvalue weighted by molar-refractivity contribution is 0.0989. The summed E-state index contributed by atoms with van der Waals surface area (Å²) in [4.78, 5) is 17.2. The van der Waals surface area contributed by atoms with Crippen LogP contribution in [0.5, 0.6) is 0 Å². The summed E-state index contributed by atoms with van der Waals surface area (Å²) >= 11 is 1.39. The second-order valence-corrected chi connectivity index (χ2v) is 8.19. The van der Waals surface area contributed by atoms with Crippen molar-refractivity contribution in [2.75, 3.05) is 5.75 Å². The predicted octanol–water partition coefficient (Wildman–Crippen LogP) is 6.79. The van der Waals surface area contributed by atoms with Gasteiger partial charge in [0.2, 0.25) is 0 Å². The minimum atomic E-state index is -0.370. The van der Waals surface area contributed by atoms with E-state index < -0.39 is 0 Å². The van der Waals surface area contributed by atoms with Gasteiger partial charge in [0.1, 0.15) is 16.9 Å². The fraction of sp³-hybridized carbons (Fsp3) is 0.0741. The van der Waals surface area contributed by atoms with Crippen molar-refractivity contribution in [3.8, 4) is 28.5 Å². The van der Waals surface area contributed by atoms with Crippen molar-refractivity contribution in [3.05, 3.63) is 108 Å². The summed E-state index contributed by atoms with van der Waals surface area (Å²) in [6.07, 6.45) is 0.263. The van der Waals surface area contributed by atoms with Crippen LogP contribution in [0, 0.1) is 17.1 Å². The molecule has 32 heavy (non-hydrogen) atoms. The molecular formula is C27H19FN2OS. The third-order valence-electron chi connectivity index (χ3n) is 4.99. The Kier molecular flexibility index (Phi) is 6.74. The number of Topliss-reactive ketones (excluding diaryl/α,β-unsaturated/α-hetero) is 1. The van der Waals surface area contributed by atoms with Gasteiger partial charge in [-0.2, -0.15) is 5.26 Å². The summed E-state index contributed by atoms with van der Waals surface area (Å²) in [6.45, 7) is 0. The van der Waals surface area contributed by atoms with E-state index in [0.29, 0.717) is 21.9 Å². The number of thioether (sulfide) groups is 1. The SMILES string of the molecule is N#Cc1c(-c2ccccc2)cc(-c2ccccc2)nc1SCCC(=O)c1ccc(F)cc1. The number of benzene rings is 3. The number of nitrogens with zero attached hydrogens (tertiary/aromatic N) is 2. The maximum Gasteiger partial charge on any atom is 0.163 e. The lowest BCUT2D eigenvalue weighted by Crippen LogP contribution is -2.02. The molecule has 3 nitrogen and oxygen atoms in total. The van der Waals surface area contributed by atoms with E-state index in [0.717, 1.165) is 22.4 Å².